The summed E-state index contributed by atoms with van der Waals surface area (Å²) in [7, 11) is 0. The number of hydrogen-bond acceptors (Lipinski definition) is 1. The van der Waals surface area contributed by atoms with Crippen LogP contribution < -0.4 is 5.32 Å². The van der Waals surface area contributed by atoms with Crippen molar-refractivity contribution in [3.8, 4) is 0 Å². The van der Waals surface area contributed by atoms with Crippen LogP contribution in [0.1, 0.15) is 32.3 Å². The summed E-state index contributed by atoms with van der Waals surface area (Å²) in [6.07, 6.45) is -2.63. The molecule has 1 unspecified atom stereocenters. The van der Waals surface area contributed by atoms with Gasteiger partial charge in [0.2, 0.25) is 0 Å². The monoisotopic (exact) mass is 263 g/mol. The van der Waals surface area contributed by atoms with Crippen LogP contribution in [0.4, 0.5) is 23.2 Å². The lowest BCUT2D eigenvalue weighted by Gasteiger charge is -2.14. The summed E-state index contributed by atoms with van der Waals surface area (Å²) < 4.78 is 50.5. The van der Waals surface area contributed by atoms with Crippen LogP contribution in [0.5, 0.6) is 0 Å². The smallest absolute Gasteiger partial charge is 0.385 e. The van der Waals surface area contributed by atoms with Crippen molar-refractivity contribution >= 4 is 5.69 Å². The van der Waals surface area contributed by atoms with Crippen molar-refractivity contribution < 1.29 is 17.6 Å². The van der Waals surface area contributed by atoms with Crippen molar-refractivity contribution in [3.05, 3.63) is 29.6 Å². The molecule has 18 heavy (non-hydrogen) atoms. The van der Waals surface area contributed by atoms with Crippen molar-refractivity contribution in [1.82, 2.24) is 0 Å². The Morgan fingerprint density at radius 2 is 1.94 bits per heavy atom. The van der Waals surface area contributed by atoms with Gasteiger partial charge in [0.15, 0.2) is 0 Å². The highest BCUT2D eigenvalue weighted by molar-refractivity contribution is 5.47. The fraction of sp³-hybridized carbons (Fsp3) is 0.538. The van der Waals surface area contributed by atoms with Gasteiger partial charge >= 0.3 is 6.18 Å². The first kappa shape index (κ1) is 14.8. The first-order valence-electron chi connectivity index (χ1n) is 5.95. The van der Waals surface area contributed by atoms with Crippen molar-refractivity contribution in [2.24, 2.45) is 5.92 Å². The third kappa shape index (κ3) is 4.20. The first-order valence-corrected chi connectivity index (χ1v) is 5.95. The van der Waals surface area contributed by atoms with Gasteiger partial charge in [0.05, 0.1) is 5.56 Å². The number of rotatable bonds is 5. The molecule has 0 spiro atoms. The van der Waals surface area contributed by atoms with Gasteiger partial charge in [-0.1, -0.05) is 20.3 Å². The largest absolute Gasteiger partial charge is 0.419 e. The van der Waals surface area contributed by atoms with Crippen molar-refractivity contribution in [2.45, 2.75) is 32.9 Å². The lowest BCUT2D eigenvalue weighted by molar-refractivity contribution is -0.139. The average Bonchev–Trinajstić information content (AvgIpc) is 2.27. The molecule has 0 aromatic heterocycles. The Morgan fingerprint density at radius 1 is 1.28 bits per heavy atom. The molecule has 1 aromatic rings. The first-order chi connectivity index (χ1) is 8.34. The van der Waals surface area contributed by atoms with E-state index in [1.807, 2.05) is 6.92 Å². The number of halogens is 4. The van der Waals surface area contributed by atoms with Crippen LogP contribution in [0.3, 0.4) is 0 Å². The van der Waals surface area contributed by atoms with Gasteiger partial charge in [0, 0.05) is 12.2 Å². The van der Waals surface area contributed by atoms with E-state index in [4.69, 9.17) is 0 Å². The van der Waals surface area contributed by atoms with E-state index in [1.54, 1.807) is 0 Å². The third-order valence-electron chi connectivity index (χ3n) is 2.71. The molecule has 0 aliphatic heterocycles. The molecule has 0 amide bonds. The topological polar surface area (TPSA) is 12.0 Å². The number of benzene rings is 1. The molecule has 0 heterocycles. The van der Waals surface area contributed by atoms with Crippen molar-refractivity contribution in [2.75, 3.05) is 11.9 Å². The molecule has 1 N–H and O–H groups in total. The van der Waals surface area contributed by atoms with Crippen LogP contribution in [0.25, 0.3) is 0 Å². The summed E-state index contributed by atoms with van der Waals surface area (Å²) >= 11 is 0. The van der Waals surface area contributed by atoms with Gasteiger partial charge in [-0.2, -0.15) is 13.2 Å². The normalized spacial score (nSPS) is 13.4. The molecule has 1 atom stereocenters. The summed E-state index contributed by atoms with van der Waals surface area (Å²) in [6, 6.07) is 2.98. The second-order valence-electron chi connectivity index (χ2n) is 4.47. The lowest BCUT2D eigenvalue weighted by Crippen LogP contribution is -2.13. The van der Waals surface area contributed by atoms with Gasteiger partial charge in [0.25, 0.3) is 0 Å². The van der Waals surface area contributed by atoms with Gasteiger partial charge in [-0.05, 0) is 30.5 Å². The molecule has 0 aliphatic rings. The van der Waals surface area contributed by atoms with E-state index in [2.05, 4.69) is 12.2 Å². The number of nitrogens with one attached hydrogen (secondary N) is 1. The Bertz CT molecular complexity index is 387. The van der Waals surface area contributed by atoms with Gasteiger partial charge in [0.1, 0.15) is 5.82 Å². The fourth-order valence-electron chi connectivity index (χ4n) is 1.74. The van der Waals surface area contributed by atoms with E-state index in [0.717, 1.165) is 25.0 Å². The minimum absolute atomic E-state index is 0.298. The van der Waals surface area contributed by atoms with Crippen molar-refractivity contribution in [3.63, 3.8) is 0 Å². The van der Waals surface area contributed by atoms with Crippen molar-refractivity contribution in [1.29, 1.82) is 0 Å². The van der Waals surface area contributed by atoms with Crippen LogP contribution in [-0.2, 0) is 6.18 Å². The molecule has 5 heteroatoms. The number of anilines is 1. The molecule has 0 radical (unpaired) electrons. The number of alkyl halides is 3. The van der Waals surface area contributed by atoms with Crippen LogP contribution in [0, 0.1) is 11.7 Å². The zero-order valence-corrected chi connectivity index (χ0v) is 10.4. The van der Waals surface area contributed by atoms with Crippen LogP contribution in [-0.4, -0.2) is 6.54 Å². The molecule has 0 aliphatic carbocycles. The van der Waals surface area contributed by atoms with Crippen LogP contribution in [0.2, 0.25) is 0 Å². The predicted molar refractivity (Wildman–Crippen MR) is 64.0 cm³/mol. The third-order valence-corrected chi connectivity index (χ3v) is 2.71. The Morgan fingerprint density at radius 3 is 2.50 bits per heavy atom. The molecular weight excluding hydrogens is 246 g/mol. The van der Waals surface area contributed by atoms with Gasteiger partial charge in [-0.3, -0.25) is 0 Å². The zero-order chi connectivity index (χ0) is 13.8. The Hall–Kier alpha value is -1.26. The van der Waals surface area contributed by atoms with E-state index >= 15 is 0 Å². The highest BCUT2D eigenvalue weighted by atomic mass is 19.4. The molecule has 102 valence electrons. The summed E-state index contributed by atoms with van der Waals surface area (Å²) in [5.74, 6) is -0.871. The molecule has 1 aromatic carbocycles. The van der Waals surface area contributed by atoms with Gasteiger partial charge in [-0.25, -0.2) is 4.39 Å². The SMILES string of the molecule is CCCC(C)CNc1ccc(F)c(C(F)(F)F)c1. The quantitative estimate of drug-likeness (QED) is 0.760. The maximum atomic E-state index is 13.0. The highest BCUT2D eigenvalue weighted by Gasteiger charge is 2.34. The minimum Gasteiger partial charge on any atom is -0.385 e. The molecule has 0 fully saturated rings. The Labute approximate surface area is 104 Å². The highest BCUT2D eigenvalue weighted by Crippen LogP contribution is 2.33. The van der Waals surface area contributed by atoms with Gasteiger partial charge < -0.3 is 5.32 Å². The lowest BCUT2D eigenvalue weighted by atomic mass is 10.1. The molecule has 0 saturated heterocycles. The fourth-order valence-corrected chi connectivity index (χ4v) is 1.74. The van der Waals surface area contributed by atoms with E-state index in [0.29, 0.717) is 18.2 Å². The summed E-state index contributed by atoms with van der Waals surface area (Å²) in [6.45, 7) is 4.65. The summed E-state index contributed by atoms with van der Waals surface area (Å²) in [5, 5.41) is 2.90. The predicted octanol–water partition coefficient (Wildman–Crippen LogP) is 4.69. The van der Waals surface area contributed by atoms with E-state index in [1.165, 1.54) is 6.07 Å². The molecule has 0 saturated carbocycles. The Kier molecular flexibility index (Phi) is 4.99. The molecular formula is C13H17F4N. The standard InChI is InChI=1S/C13H17F4N/c1-3-4-9(2)8-18-10-5-6-12(14)11(7-10)13(15,16)17/h5-7,9,18H,3-4,8H2,1-2H3. The molecule has 1 rings (SSSR count). The minimum atomic E-state index is -4.66. The van der Waals surface area contributed by atoms with E-state index in [9.17, 15) is 17.6 Å². The summed E-state index contributed by atoms with van der Waals surface area (Å²) in [4.78, 5) is 0. The maximum absolute atomic E-state index is 13.0. The van der Waals surface area contributed by atoms with Crippen LogP contribution in [0.15, 0.2) is 18.2 Å². The van der Waals surface area contributed by atoms with Gasteiger partial charge in [-0.15, -0.1) is 0 Å². The average molecular weight is 263 g/mol. The van der Waals surface area contributed by atoms with E-state index in [-0.39, 0.29) is 0 Å². The molecule has 1 nitrogen and oxygen atoms in total. The summed E-state index contributed by atoms with van der Waals surface area (Å²) in [5.41, 5.74) is -0.928. The second-order valence-corrected chi connectivity index (χ2v) is 4.47. The van der Waals surface area contributed by atoms with E-state index < -0.39 is 17.6 Å². The second kappa shape index (κ2) is 6.07. The zero-order valence-electron chi connectivity index (χ0n) is 10.4. The van der Waals surface area contributed by atoms with Crippen LogP contribution >= 0.6 is 0 Å². The maximum Gasteiger partial charge on any atom is 0.419 e. The Balaban J connectivity index is 2.74. The number of hydrogen-bond donors (Lipinski definition) is 1. The molecule has 0 bridgehead atoms.